The van der Waals surface area contributed by atoms with E-state index in [2.05, 4.69) is 4.98 Å². The molecule has 0 aliphatic heterocycles. The van der Waals surface area contributed by atoms with Crippen LogP contribution in [0.4, 0.5) is 0 Å². The van der Waals surface area contributed by atoms with Crippen molar-refractivity contribution in [2.45, 2.75) is 13.8 Å². The molecule has 16 heavy (non-hydrogen) atoms. The van der Waals surface area contributed by atoms with Crippen molar-refractivity contribution in [1.29, 1.82) is 0 Å². The van der Waals surface area contributed by atoms with E-state index in [4.69, 9.17) is 4.74 Å². The number of methoxy groups -OCH3 is 1. The van der Waals surface area contributed by atoms with Crippen LogP contribution in [0.5, 0.6) is 5.88 Å². The number of nitrogens with zero attached hydrogens (tertiary/aromatic N) is 2. The van der Waals surface area contributed by atoms with Crippen LogP contribution in [0.1, 0.15) is 13.8 Å². The van der Waals surface area contributed by atoms with Gasteiger partial charge in [-0.1, -0.05) is 13.8 Å². The van der Waals surface area contributed by atoms with Gasteiger partial charge in [0.25, 0.3) is 5.56 Å². The minimum atomic E-state index is -0.0711. The number of hydrogen-bond donors (Lipinski definition) is 0. The van der Waals surface area contributed by atoms with Gasteiger partial charge in [-0.2, -0.15) is 4.98 Å². The van der Waals surface area contributed by atoms with Crippen molar-refractivity contribution in [1.82, 2.24) is 9.55 Å². The highest BCUT2D eigenvalue weighted by Crippen LogP contribution is 2.13. The lowest BCUT2D eigenvalue weighted by Crippen LogP contribution is -2.16. The van der Waals surface area contributed by atoms with Crippen molar-refractivity contribution in [2.24, 2.45) is 7.05 Å². The molecule has 2 aromatic rings. The molecule has 0 spiro atoms. The fourth-order valence-electron chi connectivity index (χ4n) is 1.33. The molecule has 2 aromatic heterocycles. The molecule has 0 N–H and O–H groups in total. The van der Waals surface area contributed by atoms with Crippen LogP contribution in [-0.2, 0) is 7.05 Å². The molecule has 0 radical (unpaired) electrons. The average Bonchev–Trinajstić information content (AvgIpc) is 2.36. The fourth-order valence-corrected chi connectivity index (χ4v) is 1.33. The number of rotatable bonds is 1. The molecule has 0 saturated carbocycles. The van der Waals surface area contributed by atoms with Gasteiger partial charge < -0.3 is 4.74 Å². The van der Waals surface area contributed by atoms with Crippen LogP contribution in [0.25, 0.3) is 11.0 Å². The van der Waals surface area contributed by atoms with E-state index in [1.807, 2.05) is 19.9 Å². The average molecular weight is 220 g/mol. The SMILES string of the molecule is CC.COc1ccc2ccc(=O)n(C)c2n1. The van der Waals surface area contributed by atoms with Crippen molar-refractivity contribution in [3.8, 4) is 5.88 Å². The Morgan fingerprint density at radius 1 is 1.19 bits per heavy atom. The zero-order chi connectivity index (χ0) is 12.1. The molecule has 86 valence electrons. The minimum absolute atomic E-state index is 0.0711. The first-order valence-electron chi connectivity index (χ1n) is 5.23. The fraction of sp³-hybridized carbons (Fsp3) is 0.333. The van der Waals surface area contributed by atoms with E-state index in [0.717, 1.165) is 5.39 Å². The highest BCUT2D eigenvalue weighted by molar-refractivity contribution is 5.75. The third-order valence-electron chi connectivity index (χ3n) is 2.14. The maximum Gasteiger partial charge on any atom is 0.251 e. The Hall–Kier alpha value is -1.84. The quantitative estimate of drug-likeness (QED) is 0.738. The van der Waals surface area contributed by atoms with Gasteiger partial charge in [0.2, 0.25) is 5.88 Å². The van der Waals surface area contributed by atoms with E-state index >= 15 is 0 Å². The van der Waals surface area contributed by atoms with Crippen molar-refractivity contribution in [2.75, 3.05) is 7.11 Å². The highest BCUT2D eigenvalue weighted by atomic mass is 16.5. The summed E-state index contributed by atoms with van der Waals surface area (Å²) < 4.78 is 6.49. The Kier molecular flexibility index (Phi) is 4.05. The minimum Gasteiger partial charge on any atom is -0.481 e. The summed E-state index contributed by atoms with van der Waals surface area (Å²) in [6.07, 6.45) is 0. The molecule has 0 aliphatic carbocycles. The van der Waals surface area contributed by atoms with E-state index in [1.54, 1.807) is 26.3 Å². The standard InChI is InChI=1S/C10H10N2O2.C2H6/c1-12-9(13)6-4-7-3-5-8(14-2)11-10(7)12;1-2/h3-6H,1-2H3;1-2H3. The first kappa shape index (κ1) is 12.2. The zero-order valence-corrected chi connectivity index (χ0v) is 10.0. The van der Waals surface area contributed by atoms with Crippen LogP contribution < -0.4 is 10.3 Å². The van der Waals surface area contributed by atoms with Gasteiger partial charge in [0.05, 0.1) is 7.11 Å². The van der Waals surface area contributed by atoms with Gasteiger partial charge >= 0.3 is 0 Å². The Labute approximate surface area is 94.5 Å². The van der Waals surface area contributed by atoms with Gasteiger partial charge in [0.1, 0.15) is 5.65 Å². The number of ether oxygens (including phenoxy) is 1. The Balaban J connectivity index is 0.000000606. The molecule has 0 fully saturated rings. The second kappa shape index (κ2) is 5.30. The molecule has 0 atom stereocenters. The van der Waals surface area contributed by atoms with E-state index in [1.165, 1.54) is 10.6 Å². The lowest BCUT2D eigenvalue weighted by molar-refractivity contribution is 0.399. The topological polar surface area (TPSA) is 44.1 Å². The van der Waals surface area contributed by atoms with Crippen molar-refractivity contribution < 1.29 is 4.74 Å². The van der Waals surface area contributed by atoms with Gasteiger partial charge in [-0.15, -0.1) is 0 Å². The van der Waals surface area contributed by atoms with Crippen LogP contribution in [0.15, 0.2) is 29.1 Å². The lowest BCUT2D eigenvalue weighted by Gasteiger charge is -2.04. The van der Waals surface area contributed by atoms with Gasteiger partial charge in [-0.25, -0.2) is 0 Å². The second-order valence-corrected chi connectivity index (χ2v) is 3.00. The third-order valence-corrected chi connectivity index (χ3v) is 2.14. The number of pyridine rings is 2. The predicted molar refractivity (Wildman–Crippen MR) is 64.9 cm³/mol. The van der Waals surface area contributed by atoms with E-state index < -0.39 is 0 Å². The molecule has 0 aromatic carbocycles. The van der Waals surface area contributed by atoms with E-state index in [-0.39, 0.29) is 5.56 Å². The Bertz CT molecular complexity index is 532. The summed E-state index contributed by atoms with van der Waals surface area (Å²) in [4.78, 5) is 15.5. The number of hydrogen-bond acceptors (Lipinski definition) is 3. The maximum atomic E-state index is 11.3. The summed E-state index contributed by atoms with van der Waals surface area (Å²) >= 11 is 0. The van der Waals surface area contributed by atoms with Gasteiger partial charge in [-0.3, -0.25) is 9.36 Å². The summed E-state index contributed by atoms with van der Waals surface area (Å²) in [5.41, 5.74) is 0.565. The lowest BCUT2D eigenvalue weighted by atomic mass is 10.3. The van der Waals surface area contributed by atoms with Crippen LogP contribution >= 0.6 is 0 Å². The zero-order valence-electron chi connectivity index (χ0n) is 10.0. The third kappa shape index (κ3) is 2.21. The summed E-state index contributed by atoms with van der Waals surface area (Å²) in [5.74, 6) is 0.513. The number of fused-ring (bicyclic) bond motifs is 1. The van der Waals surface area contributed by atoms with Crippen molar-refractivity contribution in [3.63, 3.8) is 0 Å². The van der Waals surface area contributed by atoms with E-state index in [0.29, 0.717) is 11.5 Å². The van der Waals surface area contributed by atoms with Gasteiger partial charge in [0, 0.05) is 24.6 Å². The molecule has 2 heterocycles. The molecule has 0 unspecified atom stereocenters. The Morgan fingerprint density at radius 2 is 1.81 bits per heavy atom. The first-order valence-corrected chi connectivity index (χ1v) is 5.23. The molecule has 0 bridgehead atoms. The number of aromatic nitrogens is 2. The second-order valence-electron chi connectivity index (χ2n) is 3.00. The largest absolute Gasteiger partial charge is 0.481 e. The molecule has 4 heteroatoms. The van der Waals surface area contributed by atoms with Crippen molar-refractivity contribution in [3.05, 3.63) is 34.6 Å². The Morgan fingerprint density at radius 3 is 2.44 bits per heavy atom. The normalized spacial score (nSPS) is 9.50. The summed E-state index contributed by atoms with van der Waals surface area (Å²) in [6, 6.07) is 6.92. The summed E-state index contributed by atoms with van der Waals surface area (Å²) in [5, 5.41) is 0.924. The molecule has 0 saturated heterocycles. The van der Waals surface area contributed by atoms with Crippen molar-refractivity contribution >= 4 is 11.0 Å². The molecular weight excluding hydrogens is 204 g/mol. The summed E-state index contributed by atoms with van der Waals surface area (Å²) in [7, 11) is 3.24. The maximum absolute atomic E-state index is 11.3. The number of aryl methyl sites for hydroxylation is 1. The van der Waals surface area contributed by atoms with Gasteiger partial charge in [0.15, 0.2) is 0 Å². The first-order chi connectivity index (χ1) is 7.72. The molecule has 2 rings (SSSR count). The molecule has 0 aliphatic rings. The van der Waals surface area contributed by atoms with Gasteiger partial charge in [-0.05, 0) is 12.1 Å². The highest BCUT2D eigenvalue weighted by Gasteiger charge is 2.01. The van der Waals surface area contributed by atoms with Crippen LogP contribution in [0, 0.1) is 0 Å². The van der Waals surface area contributed by atoms with Crippen LogP contribution in [0.2, 0.25) is 0 Å². The van der Waals surface area contributed by atoms with E-state index in [9.17, 15) is 4.79 Å². The molecule has 4 nitrogen and oxygen atoms in total. The molecular formula is C12H16N2O2. The van der Waals surface area contributed by atoms with Crippen LogP contribution in [0.3, 0.4) is 0 Å². The predicted octanol–water partition coefficient (Wildman–Crippen LogP) is 1.97. The smallest absolute Gasteiger partial charge is 0.251 e. The monoisotopic (exact) mass is 220 g/mol. The summed E-state index contributed by atoms with van der Waals surface area (Å²) in [6.45, 7) is 4.00. The molecule has 0 amide bonds. The van der Waals surface area contributed by atoms with Crippen LogP contribution in [-0.4, -0.2) is 16.7 Å².